The normalized spacial score (nSPS) is 18.9. The Labute approximate surface area is 163 Å². The van der Waals surface area contributed by atoms with E-state index in [4.69, 9.17) is 15.7 Å². The Morgan fingerprint density at radius 3 is 3.00 bits per heavy atom. The number of hydrogen-bond donors (Lipinski definition) is 3. The van der Waals surface area contributed by atoms with Crippen molar-refractivity contribution in [1.82, 2.24) is 15.3 Å². The third-order valence-electron chi connectivity index (χ3n) is 4.80. The van der Waals surface area contributed by atoms with Crippen LogP contribution >= 0.6 is 0 Å². The summed E-state index contributed by atoms with van der Waals surface area (Å²) in [7, 11) is 3.81. The number of anilines is 3. The van der Waals surface area contributed by atoms with Crippen LogP contribution in [0.5, 0.6) is 0 Å². The van der Waals surface area contributed by atoms with Gasteiger partial charge in [0, 0.05) is 25.5 Å². The standard InChI is InChI=1S/C19H23N7O2/c1-22-15-11-28-7-6-16(15)26(2)19-23-10-14(17(21)27)18(25-19)24-13-5-3-4-12(8-13)9-20/h3-5,8,10,15-16,22H,6-7,11H2,1-2H3,(H2,21,27)(H,23,24,25). The van der Waals surface area contributed by atoms with E-state index in [1.54, 1.807) is 24.3 Å². The Kier molecular flexibility index (Phi) is 6.03. The van der Waals surface area contributed by atoms with Crippen molar-refractivity contribution in [3.05, 3.63) is 41.6 Å². The molecule has 0 bridgehead atoms. The van der Waals surface area contributed by atoms with E-state index in [9.17, 15) is 4.79 Å². The molecule has 0 aliphatic carbocycles. The van der Waals surface area contributed by atoms with Gasteiger partial charge in [-0.25, -0.2) is 4.98 Å². The number of benzene rings is 1. The van der Waals surface area contributed by atoms with E-state index in [0.717, 1.165) is 6.42 Å². The third-order valence-corrected chi connectivity index (χ3v) is 4.80. The second-order valence-electron chi connectivity index (χ2n) is 6.55. The summed E-state index contributed by atoms with van der Waals surface area (Å²) in [5, 5.41) is 15.4. The van der Waals surface area contributed by atoms with Crippen molar-refractivity contribution in [3.8, 4) is 6.07 Å². The van der Waals surface area contributed by atoms with Gasteiger partial charge in [0.25, 0.3) is 5.91 Å². The molecule has 0 radical (unpaired) electrons. The molecule has 1 aliphatic heterocycles. The van der Waals surface area contributed by atoms with Crippen LogP contribution in [0, 0.1) is 11.3 Å². The zero-order valence-electron chi connectivity index (χ0n) is 15.8. The third kappa shape index (κ3) is 4.19. The second kappa shape index (κ2) is 8.65. The lowest BCUT2D eigenvalue weighted by molar-refractivity contribution is 0.0600. The Balaban J connectivity index is 1.92. The summed E-state index contributed by atoms with van der Waals surface area (Å²) in [6.45, 7) is 1.27. The van der Waals surface area contributed by atoms with Crippen LogP contribution in [0.2, 0.25) is 0 Å². The van der Waals surface area contributed by atoms with Gasteiger partial charge in [-0.15, -0.1) is 0 Å². The van der Waals surface area contributed by atoms with Gasteiger partial charge in [-0.2, -0.15) is 10.2 Å². The first-order valence-electron chi connectivity index (χ1n) is 8.95. The molecule has 2 atom stereocenters. The minimum absolute atomic E-state index is 0.141. The molecule has 9 nitrogen and oxygen atoms in total. The number of nitrogens with one attached hydrogen (secondary N) is 2. The Morgan fingerprint density at radius 1 is 1.46 bits per heavy atom. The summed E-state index contributed by atoms with van der Waals surface area (Å²) in [5.74, 6) is 0.135. The molecule has 1 aromatic heterocycles. The molecule has 2 heterocycles. The molecule has 1 fully saturated rings. The highest BCUT2D eigenvalue weighted by molar-refractivity contribution is 5.98. The average Bonchev–Trinajstić information content (AvgIpc) is 2.73. The van der Waals surface area contributed by atoms with E-state index in [1.165, 1.54) is 6.20 Å². The van der Waals surface area contributed by atoms with E-state index in [0.29, 0.717) is 36.2 Å². The Hall–Kier alpha value is -3.22. The highest BCUT2D eigenvalue weighted by atomic mass is 16.5. The molecule has 1 aromatic carbocycles. The minimum Gasteiger partial charge on any atom is -0.380 e. The van der Waals surface area contributed by atoms with Crippen LogP contribution in [0.15, 0.2) is 30.5 Å². The van der Waals surface area contributed by atoms with Crippen molar-refractivity contribution in [2.24, 2.45) is 5.73 Å². The molecule has 9 heteroatoms. The highest BCUT2D eigenvalue weighted by Crippen LogP contribution is 2.24. The molecule has 0 spiro atoms. The summed E-state index contributed by atoms with van der Waals surface area (Å²) in [6, 6.07) is 9.27. The number of nitrogens with two attached hydrogens (primary N) is 1. The smallest absolute Gasteiger partial charge is 0.254 e. The fourth-order valence-corrected chi connectivity index (χ4v) is 3.24. The lowest BCUT2D eigenvalue weighted by Crippen LogP contribution is -2.53. The molecule has 2 unspecified atom stereocenters. The largest absolute Gasteiger partial charge is 0.380 e. The highest BCUT2D eigenvalue weighted by Gasteiger charge is 2.29. The van der Waals surface area contributed by atoms with Crippen molar-refractivity contribution in [1.29, 1.82) is 5.26 Å². The van der Waals surface area contributed by atoms with Crippen molar-refractivity contribution >= 4 is 23.4 Å². The van der Waals surface area contributed by atoms with E-state index in [1.807, 2.05) is 19.0 Å². The van der Waals surface area contributed by atoms with Crippen LogP contribution in [0.4, 0.5) is 17.5 Å². The van der Waals surface area contributed by atoms with Crippen molar-refractivity contribution in [2.45, 2.75) is 18.5 Å². The van der Waals surface area contributed by atoms with Crippen molar-refractivity contribution < 1.29 is 9.53 Å². The van der Waals surface area contributed by atoms with Crippen LogP contribution in [0.3, 0.4) is 0 Å². The monoisotopic (exact) mass is 381 g/mol. The lowest BCUT2D eigenvalue weighted by atomic mass is 10.0. The van der Waals surface area contributed by atoms with Gasteiger partial charge in [-0.3, -0.25) is 4.79 Å². The molecule has 2 aromatic rings. The molecule has 4 N–H and O–H groups in total. The summed E-state index contributed by atoms with van der Waals surface area (Å²) >= 11 is 0. The summed E-state index contributed by atoms with van der Waals surface area (Å²) in [5.41, 5.74) is 6.79. The number of ether oxygens (including phenoxy) is 1. The Morgan fingerprint density at radius 2 is 2.29 bits per heavy atom. The van der Waals surface area contributed by atoms with Crippen LogP contribution < -0.4 is 21.3 Å². The SMILES string of the molecule is CNC1COCCC1N(C)c1ncc(C(N)=O)c(Nc2cccc(C#N)c2)n1. The number of nitrogens with zero attached hydrogens (tertiary/aromatic N) is 4. The topological polar surface area (TPSA) is 129 Å². The zero-order valence-corrected chi connectivity index (χ0v) is 15.8. The van der Waals surface area contributed by atoms with Gasteiger partial charge >= 0.3 is 0 Å². The fourth-order valence-electron chi connectivity index (χ4n) is 3.24. The number of likely N-dealkylation sites (N-methyl/N-ethyl adjacent to an activating group) is 2. The summed E-state index contributed by atoms with van der Waals surface area (Å²) in [4.78, 5) is 22.7. The average molecular weight is 381 g/mol. The summed E-state index contributed by atoms with van der Waals surface area (Å²) in [6.07, 6.45) is 2.25. The van der Waals surface area contributed by atoms with Crippen LogP contribution in [-0.4, -0.2) is 55.3 Å². The van der Waals surface area contributed by atoms with Crippen molar-refractivity contribution in [2.75, 3.05) is 37.5 Å². The molecule has 1 saturated heterocycles. The van der Waals surface area contributed by atoms with E-state index >= 15 is 0 Å². The molecular formula is C19H23N7O2. The molecule has 1 aliphatic rings. The molecule has 0 saturated carbocycles. The number of carbonyl (C=O) groups is 1. The maximum absolute atomic E-state index is 11.8. The number of rotatable bonds is 6. The summed E-state index contributed by atoms with van der Waals surface area (Å²) < 4.78 is 5.53. The fraction of sp³-hybridized carbons (Fsp3) is 0.368. The van der Waals surface area contributed by atoms with Gasteiger partial charge in [-0.05, 0) is 31.7 Å². The molecule has 28 heavy (non-hydrogen) atoms. The van der Waals surface area contributed by atoms with Gasteiger partial charge in [0.05, 0.1) is 30.3 Å². The quantitative estimate of drug-likeness (QED) is 0.676. The lowest BCUT2D eigenvalue weighted by Gasteiger charge is -2.37. The van der Waals surface area contributed by atoms with E-state index in [-0.39, 0.29) is 17.6 Å². The number of hydrogen-bond acceptors (Lipinski definition) is 8. The maximum atomic E-state index is 11.8. The van der Waals surface area contributed by atoms with E-state index < -0.39 is 5.91 Å². The van der Waals surface area contributed by atoms with Crippen molar-refractivity contribution in [3.63, 3.8) is 0 Å². The van der Waals surface area contributed by atoms with Gasteiger partial charge in [-0.1, -0.05) is 6.07 Å². The van der Waals surface area contributed by atoms with Crippen LogP contribution in [0.1, 0.15) is 22.3 Å². The number of nitriles is 1. The van der Waals surface area contributed by atoms with Crippen LogP contribution in [0.25, 0.3) is 0 Å². The molecular weight excluding hydrogens is 358 g/mol. The maximum Gasteiger partial charge on any atom is 0.254 e. The predicted octanol–water partition coefficient (Wildman–Crippen LogP) is 1.00. The second-order valence-corrected chi connectivity index (χ2v) is 6.55. The molecule has 3 rings (SSSR count). The minimum atomic E-state index is -0.632. The Bertz CT molecular complexity index is 896. The van der Waals surface area contributed by atoms with E-state index in [2.05, 4.69) is 26.7 Å². The molecule has 146 valence electrons. The molecule has 1 amide bonds. The number of amides is 1. The first-order chi connectivity index (χ1) is 13.5. The van der Waals surface area contributed by atoms with Crippen LogP contribution in [-0.2, 0) is 4.74 Å². The van der Waals surface area contributed by atoms with Gasteiger partial charge in [0.15, 0.2) is 0 Å². The van der Waals surface area contributed by atoms with Gasteiger partial charge in [0.1, 0.15) is 11.4 Å². The zero-order chi connectivity index (χ0) is 20.1. The number of carbonyl (C=O) groups excluding carboxylic acids is 1. The van der Waals surface area contributed by atoms with Gasteiger partial charge < -0.3 is 26.0 Å². The first-order valence-corrected chi connectivity index (χ1v) is 8.95. The number of aromatic nitrogens is 2. The predicted molar refractivity (Wildman–Crippen MR) is 105 cm³/mol. The first kappa shape index (κ1) is 19.5. The number of primary amides is 1. The van der Waals surface area contributed by atoms with Gasteiger partial charge in [0.2, 0.25) is 5.95 Å².